The van der Waals surface area contributed by atoms with Gasteiger partial charge in [0.05, 0.1) is 0 Å². The standard InChI is InChI=1S/C18H19Cl2NO3/c1-10-16(18(23)24-11-5-2-3-6-11)12(9-15(22)21-10)17-13(19)7-4-8-14(17)20/h4,7-8,11-12,16H,2-3,5-6,9H2,1H3. The normalized spacial score (nSPS) is 24.8. The van der Waals surface area contributed by atoms with Crippen LogP contribution in [0.2, 0.25) is 10.0 Å². The maximum absolute atomic E-state index is 12.8. The van der Waals surface area contributed by atoms with Crippen molar-refractivity contribution in [1.82, 2.24) is 0 Å². The number of nitrogens with zero attached hydrogens (tertiary/aromatic N) is 1. The van der Waals surface area contributed by atoms with Gasteiger partial charge in [0.25, 0.3) is 0 Å². The summed E-state index contributed by atoms with van der Waals surface area (Å²) in [6, 6.07) is 5.17. The fourth-order valence-electron chi connectivity index (χ4n) is 3.62. The molecular weight excluding hydrogens is 349 g/mol. The van der Waals surface area contributed by atoms with Crippen LogP contribution >= 0.6 is 23.2 Å². The molecular formula is C18H19Cl2NO3. The minimum atomic E-state index is -0.624. The zero-order chi connectivity index (χ0) is 17.3. The van der Waals surface area contributed by atoms with Gasteiger partial charge in [-0.15, -0.1) is 0 Å². The number of hydrogen-bond donors (Lipinski definition) is 0. The maximum atomic E-state index is 12.8. The van der Waals surface area contributed by atoms with E-state index in [1.54, 1.807) is 25.1 Å². The lowest BCUT2D eigenvalue weighted by Gasteiger charge is -2.30. The van der Waals surface area contributed by atoms with Crippen molar-refractivity contribution in [3.8, 4) is 0 Å². The summed E-state index contributed by atoms with van der Waals surface area (Å²) in [7, 11) is 0. The lowest BCUT2D eigenvalue weighted by Crippen LogP contribution is -2.37. The van der Waals surface area contributed by atoms with Crippen LogP contribution in [-0.2, 0) is 14.3 Å². The van der Waals surface area contributed by atoms with Gasteiger partial charge in [-0.3, -0.25) is 9.59 Å². The van der Waals surface area contributed by atoms with Crippen LogP contribution in [0.15, 0.2) is 23.2 Å². The molecule has 2 atom stereocenters. The van der Waals surface area contributed by atoms with E-state index in [-0.39, 0.29) is 24.4 Å². The second-order valence-corrected chi connectivity index (χ2v) is 7.23. The highest BCUT2D eigenvalue weighted by Gasteiger charge is 2.41. The Morgan fingerprint density at radius 3 is 2.46 bits per heavy atom. The molecule has 4 nitrogen and oxygen atoms in total. The fourth-order valence-corrected chi connectivity index (χ4v) is 4.30. The van der Waals surface area contributed by atoms with Gasteiger partial charge < -0.3 is 4.74 Å². The molecule has 2 aliphatic rings. The first-order valence-electron chi connectivity index (χ1n) is 8.19. The molecule has 1 aliphatic heterocycles. The summed E-state index contributed by atoms with van der Waals surface area (Å²) >= 11 is 12.6. The Hall–Kier alpha value is -1.39. The van der Waals surface area contributed by atoms with Crippen molar-refractivity contribution in [2.45, 2.75) is 51.0 Å². The Balaban J connectivity index is 1.94. The predicted molar refractivity (Wildman–Crippen MR) is 93.8 cm³/mol. The summed E-state index contributed by atoms with van der Waals surface area (Å²) in [6.07, 6.45) is 4.01. The molecule has 1 aromatic carbocycles. The number of aliphatic imine (C=N–C) groups is 1. The van der Waals surface area contributed by atoms with Crippen molar-refractivity contribution in [2.75, 3.05) is 0 Å². The van der Waals surface area contributed by atoms with Gasteiger partial charge in [0.1, 0.15) is 12.0 Å². The molecule has 24 heavy (non-hydrogen) atoms. The zero-order valence-corrected chi connectivity index (χ0v) is 14.9. The van der Waals surface area contributed by atoms with Gasteiger partial charge in [-0.2, -0.15) is 0 Å². The Labute approximate surface area is 151 Å². The van der Waals surface area contributed by atoms with Crippen molar-refractivity contribution in [3.05, 3.63) is 33.8 Å². The zero-order valence-electron chi connectivity index (χ0n) is 13.4. The van der Waals surface area contributed by atoms with Gasteiger partial charge in [-0.25, -0.2) is 4.99 Å². The van der Waals surface area contributed by atoms with Crippen molar-refractivity contribution < 1.29 is 14.3 Å². The SMILES string of the molecule is CC1=NC(=O)CC(c2c(Cl)cccc2Cl)C1C(=O)OC1CCCC1. The molecule has 1 aliphatic carbocycles. The van der Waals surface area contributed by atoms with Crippen molar-refractivity contribution in [3.63, 3.8) is 0 Å². The number of carbonyl (C=O) groups is 2. The molecule has 1 fully saturated rings. The van der Waals surface area contributed by atoms with E-state index in [0.29, 0.717) is 21.3 Å². The molecule has 0 saturated heterocycles. The number of carbonyl (C=O) groups excluding carboxylic acids is 2. The quantitative estimate of drug-likeness (QED) is 0.735. The van der Waals surface area contributed by atoms with Crippen LogP contribution in [0.3, 0.4) is 0 Å². The molecule has 6 heteroatoms. The van der Waals surface area contributed by atoms with Gasteiger partial charge >= 0.3 is 5.97 Å². The minimum Gasteiger partial charge on any atom is -0.462 e. The van der Waals surface area contributed by atoms with E-state index in [4.69, 9.17) is 27.9 Å². The molecule has 0 radical (unpaired) electrons. The second-order valence-electron chi connectivity index (χ2n) is 6.41. The van der Waals surface area contributed by atoms with Crippen LogP contribution in [0.5, 0.6) is 0 Å². The molecule has 0 spiro atoms. The minimum absolute atomic E-state index is 0.0368. The maximum Gasteiger partial charge on any atom is 0.315 e. The van der Waals surface area contributed by atoms with E-state index >= 15 is 0 Å². The number of rotatable bonds is 3. The smallest absolute Gasteiger partial charge is 0.315 e. The lowest BCUT2D eigenvalue weighted by atomic mass is 9.79. The number of esters is 1. The molecule has 1 aromatic rings. The highest BCUT2D eigenvalue weighted by Crippen LogP contribution is 2.41. The third-order valence-corrected chi connectivity index (χ3v) is 5.42. The molecule has 1 amide bonds. The van der Waals surface area contributed by atoms with Crippen LogP contribution in [0.1, 0.15) is 50.5 Å². The van der Waals surface area contributed by atoms with Crippen LogP contribution < -0.4 is 0 Å². The average molecular weight is 368 g/mol. The van der Waals surface area contributed by atoms with E-state index in [9.17, 15) is 9.59 Å². The fraction of sp³-hybridized carbons (Fsp3) is 0.500. The van der Waals surface area contributed by atoms with E-state index in [1.165, 1.54) is 0 Å². The van der Waals surface area contributed by atoms with E-state index in [0.717, 1.165) is 25.7 Å². The number of halogens is 2. The summed E-state index contributed by atoms with van der Waals surface area (Å²) in [5.41, 5.74) is 1.09. The van der Waals surface area contributed by atoms with E-state index in [2.05, 4.69) is 4.99 Å². The Morgan fingerprint density at radius 2 is 1.83 bits per heavy atom. The van der Waals surface area contributed by atoms with Crippen molar-refractivity contribution >= 4 is 40.8 Å². The molecule has 2 unspecified atom stereocenters. The molecule has 0 N–H and O–H groups in total. The average Bonchev–Trinajstić information content (AvgIpc) is 2.99. The van der Waals surface area contributed by atoms with Crippen molar-refractivity contribution in [2.24, 2.45) is 10.9 Å². The molecule has 128 valence electrons. The summed E-state index contributed by atoms with van der Waals surface area (Å²) < 4.78 is 5.67. The first-order valence-corrected chi connectivity index (χ1v) is 8.95. The molecule has 0 bridgehead atoms. The van der Waals surface area contributed by atoms with Gasteiger partial charge in [-0.1, -0.05) is 29.3 Å². The number of hydrogen-bond acceptors (Lipinski definition) is 3. The van der Waals surface area contributed by atoms with E-state index in [1.807, 2.05) is 0 Å². The second kappa shape index (κ2) is 7.24. The van der Waals surface area contributed by atoms with Crippen molar-refractivity contribution in [1.29, 1.82) is 0 Å². The summed E-state index contributed by atoms with van der Waals surface area (Å²) in [5.74, 6) is -1.67. The predicted octanol–water partition coefficient (Wildman–Crippen LogP) is 4.57. The summed E-state index contributed by atoms with van der Waals surface area (Å²) in [4.78, 5) is 28.7. The number of ether oxygens (including phenoxy) is 1. The molecule has 3 rings (SSSR count). The van der Waals surface area contributed by atoms with Gasteiger partial charge in [0, 0.05) is 28.1 Å². The van der Waals surface area contributed by atoms with E-state index < -0.39 is 11.8 Å². The third-order valence-electron chi connectivity index (χ3n) is 4.76. The van der Waals surface area contributed by atoms with Crippen LogP contribution in [-0.4, -0.2) is 23.7 Å². The van der Waals surface area contributed by atoms with Crippen LogP contribution in [0.25, 0.3) is 0 Å². The first-order chi connectivity index (χ1) is 11.5. The highest BCUT2D eigenvalue weighted by molar-refractivity contribution is 6.36. The third kappa shape index (κ3) is 3.50. The van der Waals surface area contributed by atoms with Gasteiger partial charge in [-0.05, 0) is 50.3 Å². The topological polar surface area (TPSA) is 55.7 Å². The molecule has 1 heterocycles. The van der Waals surface area contributed by atoms with Crippen LogP contribution in [0, 0.1) is 5.92 Å². The largest absolute Gasteiger partial charge is 0.462 e. The summed E-state index contributed by atoms with van der Waals surface area (Å²) in [6.45, 7) is 1.69. The number of benzene rings is 1. The Morgan fingerprint density at radius 1 is 1.21 bits per heavy atom. The number of amides is 1. The van der Waals surface area contributed by atoms with Gasteiger partial charge in [0.2, 0.25) is 5.91 Å². The molecule has 0 aromatic heterocycles. The monoisotopic (exact) mass is 367 g/mol. The Bertz CT molecular complexity index is 675. The lowest BCUT2D eigenvalue weighted by molar-refractivity contribution is -0.152. The molecule has 1 saturated carbocycles. The summed E-state index contributed by atoms with van der Waals surface area (Å²) in [5, 5.41) is 0.905. The first kappa shape index (κ1) is 17.4. The highest BCUT2D eigenvalue weighted by atomic mass is 35.5. The van der Waals surface area contributed by atoms with Gasteiger partial charge in [0.15, 0.2) is 0 Å². The Kier molecular flexibility index (Phi) is 5.26. The van der Waals surface area contributed by atoms with Crippen LogP contribution in [0.4, 0.5) is 0 Å².